The van der Waals surface area contributed by atoms with Crippen molar-refractivity contribution in [3.8, 4) is 0 Å². The molecule has 1 N–H and O–H groups in total. The predicted molar refractivity (Wildman–Crippen MR) is 44.0 cm³/mol. The first kappa shape index (κ1) is 8.87. The van der Waals surface area contributed by atoms with Crippen molar-refractivity contribution in [1.82, 2.24) is 4.98 Å². The highest BCUT2D eigenvalue weighted by Gasteiger charge is 2.18. The minimum atomic E-state index is -1.21. The van der Waals surface area contributed by atoms with Gasteiger partial charge in [-0.2, -0.15) is 0 Å². The van der Waals surface area contributed by atoms with E-state index in [9.17, 15) is 9.50 Å². The third-order valence-electron chi connectivity index (χ3n) is 1.69. The van der Waals surface area contributed by atoms with Gasteiger partial charge in [-0.25, -0.2) is 4.39 Å². The predicted octanol–water partition coefficient (Wildman–Crippen LogP) is 1.61. The molecule has 0 bridgehead atoms. The molecule has 3 heteroatoms. The number of aromatic nitrogens is 1. The average Bonchev–Trinajstić information content (AvgIpc) is 2.05. The van der Waals surface area contributed by atoms with E-state index in [-0.39, 0.29) is 0 Å². The van der Waals surface area contributed by atoms with E-state index in [1.165, 1.54) is 25.3 Å². The van der Waals surface area contributed by atoms with Crippen LogP contribution in [0.2, 0.25) is 0 Å². The highest BCUT2D eigenvalue weighted by atomic mass is 19.1. The SMILES string of the molecule is C=CC(C)(O)c1cncc(F)c1. The van der Waals surface area contributed by atoms with Crippen molar-refractivity contribution >= 4 is 0 Å². The molecule has 0 aliphatic carbocycles. The first-order valence-corrected chi connectivity index (χ1v) is 3.53. The molecule has 64 valence electrons. The van der Waals surface area contributed by atoms with Crippen LogP contribution in [0.3, 0.4) is 0 Å². The van der Waals surface area contributed by atoms with E-state index >= 15 is 0 Å². The summed E-state index contributed by atoms with van der Waals surface area (Å²) in [5.41, 5.74) is -0.813. The first-order valence-electron chi connectivity index (χ1n) is 3.53. The molecule has 0 aromatic carbocycles. The van der Waals surface area contributed by atoms with Crippen molar-refractivity contribution < 1.29 is 9.50 Å². The molecular formula is C9H10FNO. The van der Waals surface area contributed by atoms with Gasteiger partial charge in [0.2, 0.25) is 0 Å². The lowest BCUT2D eigenvalue weighted by atomic mass is 9.98. The summed E-state index contributed by atoms with van der Waals surface area (Å²) in [5.74, 6) is -0.463. The number of nitrogens with zero attached hydrogens (tertiary/aromatic N) is 1. The summed E-state index contributed by atoms with van der Waals surface area (Å²) in [7, 11) is 0. The summed E-state index contributed by atoms with van der Waals surface area (Å²) in [5, 5.41) is 9.59. The van der Waals surface area contributed by atoms with Gasteiger partial charge in [0.1, 0.15) is 11.4 Å². The van der Waals surface area contributed by atoms with Gasteiger partial charge in [-0.3, -0.25) is 4.98 Å². The summed E-state index contributed by atoms with van der Waals surface area (Å²) in [6.07, 6.45) is 3.83. The Labute approximate surface area is 70.4 Å². The van der Waals surface area contributed by atoms with Gasteiger partial charge in [0.25, 0.3) is 0 Å². The molecule has 0 aliphatic rings. The second kappa shape index (κ2) is 3.03. The normalized spacial score (nSPS) is 15.2. The Balaban J connectivity index is 3.11. The fourth-order valence-electron chi connectivity index (χ4n) is 0.807. The average molecular weight is 167 g/mol. The monoisotopic (exact) mass is 167 g/mol. The lowest BCUT2D eigenvalue weighted by Crippen LogP contribution is -2.17. The van der Waals surface area contributed by atoms with Crippen LogP contribution in [0.1, 0.15) is 12.5 Å². The van der Waals surface area contributed by atoms with Gasteiger partial charge in [-0.1, -0.05) is 12.7 Å². The third kappa shape index (κ3) is 1.68. The van der Waals surface area contributed by atoms with Crippen LogP contribution in [-0.2, 0) is 5.60 Å². The number of pyridine rings is 1. The van der Waals surface area contributed by atoms with Gasteiger partial charge >= 0.3 is 0 Å². The van der Waals surface area contributed by atoms with E-state index in [0.717, 1.165) is 6.20 Å². The molecule has 1 aromatic rings. The van der Waals surface area contributed by atoms with Gasteiger partial charge < -0.3 is 5.11 Å². The zero-order chi connectivity index (χ0) is 9.19. The van der Waals surface area contributed by atoms with Gasteiger partial charge in [0.15, 0.2) is 0 Å². The molecule has 1 heterocycles. The van der Waals surface area contributed by atoms with E-state index in [1.54, 1.807) is 0 Å². The topological polar surface area (TPSA) is 33.1 Å². The second-order valence-electron chi connectivity index (χ2n) is 2.74. The molecule has 0 amide bonds. The largest absolute Gasteiger partial charge is 0.381 e. The van der Waals surface area contributed by atoms with Crippen LogP contribution in [-0.4, -0.2) is 10.1 Å². The fourth-order valence-corrected chi connectivity index (χ4v) is 0.807. The maximum Gasteiger partial charge on any atom is 0.141 e. The van der Waals surface area contributed by atoms with Crippen LogP contribution >= 0.6 is 0 Å². The zero-order valence-corrected chi connectivity index (χ0v) is 6.79. The van der Waals surface area contributed by atoms with Crippen molar-refractivity contribution in [1.29, 1.82) is 0 Å². The van der Waals surface area contributed by atoms with Crippen LogP contribution in [0.5, 0.6) is 0 Å². The molecule has 1 atom stereocenters. The van der Waals surface area contributed by atoms with Crippen molar-refractivity contribution in [2.45, 2.75) is 12.5 Å². The first-order chi connectivity index (χ1) is 5.56. The van der Waals surface area contributed by atoms with Crippen LogP contribution in [0, 0.1) is 5.82 Å². The van der Waals surface area contributed by atoms with Crippen molar-refractivity contribution in [3.05, 3.63) is 42.5 Å². The van der Waals surface area contributed by atoms with Gasteiger partial charge in [-0.05, 0) is 13.0 Å². The van der Waals surface area contributed by atoms with Crippen molar-refractivity contribution in [2.24, 2.45) is 0 Å². The number of aliphatic hydroxyl groups is 1. The summed E-state index contributed by atoms with van der Waals surface area (Å²) in [6, 6.07) is 1.23. The molecule has 1 aromatic heterocycles. The maximum atomic E-state index is 12.6. The molecule has 0 fully saturated rings. The Morgan fingerprint density at radius 2 is 2.33 bits per heavy atom. The molecule has 2 nitrogen and oxygen atoms in total. The molecule has 0 saturated heterocycles. The smallest absolute Gasteiger partial charge is 0.141 e. The van der Waals surface area contributed by atoms with E-state index in [0.29, 0.717) is 5.56 Å². The van der Waals surface area contributed by atoms with Crippen LogP contribution in [0.4, 0.5) is 4.39 Å². The molecule has 0 saturated carbocycles. The highest BCUT2D eigenvalue weighted by Crippen LogP contribution is 2.20. The van der Waals surface area contributed by atoms with E-state index in [2.05, 4.69) is 11.6 Å². The van der Waals surface area contributed by atoms with Crippen LogP contribution < -0.4 is 0 Å². The van der Waals surface area contributed by atoms with E-state index < -0.39 is 11.4 Å². The lowest BCUT2D eigenvalue weighted by Gasteiger charge is -2.17. The van der Waals surface area contributed by atoms with E-state index in [1.807, 2.05) is 0 Å². The minimum Gasteiger partial charge on any atom is -0.381 e. The van der Waals surface area contributed by atoms with Crippen molar-refractivity contribution in [2.75, 3.05) is 0 Å². The Morgan fingerprint density at radius 3 is 2.83 bits per heavy atom. The Bertz CT molecular complexity index is 296. The number of hydrogen-bond acceptors (Lipinski definition) is 2. The number of halogens is 1. The third-order valence-corrected chi connectivity index (χ3v) is 1.69. The summed E-state index contributed by atoms with van der Waals surface area (Å²) >= 11 is 0. The zero-order valence-electron chi connectivity index (χ0n) is 6.79. The standard InChI is InChI=1S/C9H10FNO/c1-3-9(2,12)7-4-8(10)6-11-5-7/h3-6,12H,1H2,2H3. The molecule has 12 heavy (non-hydrogen) atoms. The fraction of sp³-hybridized carbons (Fsp3) is 0.222. The Kier molecular flexibility index (Phi) is 2.24. The van der Waals surface area contributed by atoms with Gasteiger partial charge in [-0.15, -0.1) is 0 Å². The van der Waals surface area contributed by atoms with Gasteiger partial charge in [0, 0.05) is 11.8 Å². The molecule has 0 aliphatic heterocycles. The van der Waals surface area contributed by atoms with Crippen LogP contribution in [0.15, 0.2) is 31.1 Å². The molecule has 0 radical (unpaired) electrons. The van der Waals surface area contributed by atoms with Crippen LogP contribution in [0.25, 0.3) is 0 Å². The molecular weight excluding hydrogens is 157 g/mol. The molecule has 1 unspecified atom stereocenters. The Morgan fingerprint density at radius 1 is 1.67 bits per heavy atom. The van der Waals surface area contributed by atoms with Crippen molar-refractivity contribution in [3.63, 3.8) is 0 Å². The number of rotatable bonds is 2. The summed E-state index contributed by atoms with van der Waals surface area (Å²) in [4.78, 5) is 3.62. The second-order valence-corrected chi connectivity index (χ2v) is 2.74. The summed E-state index contributed by atoms with van der Waals surface area (Å²) < 4.78 is 12.6. The minimum absolute atomic E-state index is 0.400. The maximum absolute atomic E-state index is 12.6. The summed E-state index contributed by atoms with van der Waals surface area (Å²) in [6.45, 7) is 4.96. The lowest BCUT2D eigenvalue weighted by molar-refractivity contribution is 0.111. The van der Waals surface area contributed by atoms with Gasteiger partial charge in [0.05, 0.1) is 6.20 Å². The molecule has 1 rings (SSSR count). The number of hydrogen-bond donors (Lipinski definition) is 1. The quantitative estimate of drug-likeness (QED) is 0.679. The molecule has 0 spiro atoms. The Hall–Kier alpha value is -1.22. The van der Waals surface area contributed by atoms with E-state index in [4.69, 9.17) is 0 Å². The highest BCUT2D eigenvalue weighted by molar-refractivity contribution is 5.22.